The summed E-state index contributed by atoms with van der Waals surface area (Å²) in [7, 11) is 0. The van der Waals surface area contributed by atoms with Crippen LogP contribution in [0.3, 0.4) is 0 Å². The lowest BCUT2D eigenvalue weighted by Crippen LogP contribution is -2.67. The first-order valence-corrected chi connectivity index (χ1v) is 6.22. The summed E-state index contributed by atoms with van der Waals surface area (Å²) in [5, 5.41) is 2.22. The Bertz CT molecular complexity index is 366. The van der Waals surface area contributed by atoms with E-state index in [0.29, 0.717) is 6.42 Å². The molecule has 1 saturated heterocycles. The van der Waals surface area contributed by atoms with Crippen molar-refractivity contribution in [2.45, 2.75) is 51.6 Å². The number of carbonyl (C=O) groups excluding carboxylic acids is 3. The van der Waals surface area contributed by atoms with Gasteiger partial charge in [-0.05, 0) is 20.3 Å². The number of amides is 3. The van der Waals surface area contributed by atoms with Gasteiger partial charge in [-0.1, -0.05) is 19.8 Å². The van der Waals surface area contributed by atoms with E-state index in [1.807, 2.05) is 6.92 Å². The van der Waals surface area contributed by atoms with Crippen LogP contribution in [0.15, 0.2) is 0 Å². The first-order chi connectivity index (χ1) is 8.30. The van der Waals surface area contributed by atoms with E-state index in [1.165, 1.54) is 4.90 Å². The Hall–Kier alpha value is -1.43. The topological polar surface area (TPSA) is 92.5 Å². The summed E-state index contributed by atoms with van der Waals surface area (Å²) in [6.07, 6.45) is 2.36. The minimum absolute atomic E-state index is 0.114. The number of unbranched alkanes of at least 4 members (excludes halogenated alkanes) is 1. The molecular weight excluding hydrogens is 234 g/mol. The summed E-state index contributed by atoms with van der Waals surface area (Å²) in [6, 6.07) is -0.650. The van der Waals surface area contributed by atoms with Gasteiger partial charge in [0.25, 0.3) is 5.91 Å². The van der Waals surface area contributed by atoms with Crippen LogP contribution >= 0.6 is 0 Å². The van der Waals surface area contributed by atoms with Gasteiger partial charge >= 0.3 is 0 Å². The molecule has 0 spiro atoms. The molecule has 0 aromatic rings. The second kappa shape index (κ2) is 5.48. The van der Waals surface area contributed by atoms with E-state index in [1.54, 1.807) is 13.8 Å². The number of carbonyl (C=O) groups is 3. The molecule has 0 radical (unpaired) electrons. The molecule has 3 N–H and O–H groups in total. The van der Waals surface area contributed by atoms with Crippen molar-refractivity contribution in [2.24, 2.45) is 5.73 Å². The molecule has 1 fully saturated rings. The molecule has 3 amide bonds. The second-order valence-electron chi connectivity index (χ2n) is 5.11. The van der Waals surface area contributed by atoms with Gasteiger partial charge in [-0.3, -0.25) is 19.7 Å². The largest absolute Gasteiger partial charge is 0.320 e. The Labute approximate surface area is 107 Å². The zero-order valence-corrected chi connectivity index (χ0v) is 11.2. The van der Waals surface area contributed by atoms with Gasteiger partial charge in [0.15, 0.2) is 0 Å². The number of nitrogens with zero attached hydrogens (tertiary/aromatic N) is 1. The lowest BCUT2D eigenvalue weighted by Gasteiger charge is -2.41. The fourth-order valence-corrected chi connectivity index (χ4v) is 1.88. The number of nitrogens with one attached hydrogen (secondary N) is 1. The van der Waals surface area contributed by atoms with Gasteiger partial charge in [0.1, 0.15) is 12.1 Å². The zero-order valence-electron chi connectivity index (χ0n) is 11.2. The van der Waals surface area contributed by atoms with E-state index < -0.39 is 23.4 Å². The van der Waals surface area contributed by atoms with Gasteiger partial charge in [-0.25, -0.2) is 0 Å². The van der Waals surface area contributed by atoms with Gasteiger partial charge in [-0.15, -0.1) is 0 Å². The number of rotatable bonds is 4. The number of hydrogen-bond donors (Lipinski definition) is 2. The van der Waals surface area contributed by atoms with Crippen LogP contribution in [0.25, 0.3) is 0 Å². The summed E-state index contributed by atoms with van der Waals surface area (Å²) in [5.41, 5.74) is 4.78. The van der Waals surface area contributed by atoms with Gasteiger partial charge in [-0.2, -0.15) is 0 Å². The quantitative estimate of drug-likeness (QED) is 0.678. The highest BCUT2D eigenvalue weighted by Crippen LogP contribution is 2.19. The van der Waals surface area contributed by atoms with E-state index in [9.17, 15) is 14.4 Å². The first-order valence-electron chi connectivity index (χ1n) is 6.22. The van der Waals surface area contributed by atoms with Crippen LogP contribution in [0.1, 0.15) is 40.0 Å². The Morgan fingerprint density at radius 2 is 2.11 bits per heavy atom. The van der Waals surface area contributed by atoms with Gasteiger partial charge in [0.05, 0.1) is 6.04 Å². The fourth-order valence-electron chi connectivity index (χ4n) is 1.88. The number of imide groups is 1. The Kier molecular flexibility index (Phi) is 4.45. The summed E-state index contributed by atoms with van der Waals surface area (Å²) in [4.78, 5) is 36.5. The van der Waals surface area contributed by atoms with E-state index in [0.717, 1.165) is 12.8 Å². The maximum Gasteiger partial charge on any atom is 0.252 e. The zero-order chi connectivity index (χ0) is 13.9. The number of nitrogens with two attached hydrogens (primary N) is 1. The third-order valence-corrected chi connectivity index (χ3v) is 3.24. The van der Waals surface area contributed by atoms with E-state index in [-0.39, 0.29) is 12.5 Å². The van der Waals surface area contributed by atoms with E-state index >= 15 is 0 Å². The summed E-state index contributed by atoms with van der Waals surface area (Å²) < 4.78 is 0. The summed E-state index contributed by atoms with van der Waals surface area (Å²) >= 11 is 0. The van der Waals surface area contributed by atoms with Crippen molar-refractivity contribution < 1.29 is 14.4 Å². The van der Waals surface area contributed by atoms with Crippen LogP contribution in [0.5, 0.6) is 0 Å². The average molecular weight is 255 g/mol. The molecule has 1 heterocycles. The number of piperazine rings is 1. The molecule has 0 aromatic heterocycles. The third-order valence-electron chi connectivity index (χ3n) is 3.24. The summed E-state index contributed by atoms with van der Waals surface area (Å²) in [6.45, 7) is 5.12. The third kappa shape index (κ3) is 2.87. The Morgan fingerprint density at radius 3 is 2.67 bits per heavy atom. The van der Waals surface area contributed by atoms with E-state index in [2.05, 4.69) is 5.32 Å². The van der Waals surface area contributed by atoms with Crippen molar-refractivity contribution in [3.05, 3.63) is 0 Å². The molecule has 102 valence electrons. The molecule has 1 aliphatic rings. The fraction of sp³-hybridized carbons (Fsp3) is 0.750. The molecule has 0 aromatic carbocycles. The Morgan fingerprint density at radius 1 is 1.50 bits per heavy atom. The van der Waals surface area contributed by atoms with Gasteiger partial charge in [0.2, 0.25) is 11.8 Å². The monoisotopic (exact) mass is 255 g/mol. The molecule has 1 rings (SSSR count). The predicted molar refractivity (Wildman–Crippen MR) is 66.4 cm³/mol. The molecule has 6 nitrogen and oxygen atoms in total. The maximum atomic E-state index is 12.2. The van der Waals surface area contributed by atoms with Crippen LogP contribution in [0, 0.1) is 0 Å². The minimum Gasteiger partial charge on any atom is -0.320 e. The van der Waals surface area contributed by atoms with Crippen molar-refractivity contribution in [1.82, 2.24) is 10.2 Å². The minimum atomic E-state index is -1.03. The lowest BCUT2D eigenvalue weighted by molar-refractivity contribution is -0.156. The number of hydrogen-bond acceptors (Lipinski definition) is 4. The molecule has 1 aliphatic heterocycles. The van der Waals surface area contributed by atoms with Crippen LogP contribution in [0.4, 0.5) is 0 Å². The molecule has 0 bridgehead atoms. The molecular formula is C12H21N3O3. The van der Waals surface area contributed by atoms with Crippen LogP contribution in [-0.2, 0) is 14.4 Å². The molecule has 0 saturated carbocycles. The van der Waals surface area contributed by atoms with Crippen molar-refractivity contribution in [2.75, 3.05) is 6.54 Å². The lowest BCUT2D eigenvalue weighted by atomic mass is 9.96. The highest BCUT2D eigenvalue weighted by atomic mass is 16.2. The van der Waals surface area contributed by atoms with Crippen molar-refractivity contribution in [3.8, 4) is 0 Å². The SMILES string of the molecule is CCCCC(N)C(=O)N1CC(=O)NC(=O)C1(C)C. The van der Waals surface area contributed by atoms with Crippen molar-refractivity contribution in [1.29, 1.82) is 0 Å². The summed E-state index contributed by atoms with van der Waals surface area (Å²) in [5.74, 6) is -1.26. The van der Waals surface area contributed by atoms with Gasteiger partial charge in [0, 0.05) is 0 Å². The van der Waals surface area contributed by atoms with Crippen LogP contribution in [0.2, 0.25) is 0 Å². The van der Waals surface area contributed by atoms with Crippen molar-refractivity contribution in [3.63, 3.8) is 0 Å². The van der Waals surface area contributed by atoms with E-state index in [4.69, 9.17) is 5.73 Å². The average Bonchev–Trinajstić information content (AvgIpc) is 2.30. The highest BCUT2D eigenvalue weighted by Gasteiger charge is 2.44. The molecule has 6 heteroatoms. The maximum absolute atomic E-state index is 12.2. The predicted octanol–water partition coefficient (Wildman–Crippen LogP) is -0.232. The normalized spacial score (nSPS) is 20.6. The first kappa shape index (κ1) is 14.6. The molecule has 0 aliphatic carbocycles. The smallest absolute Gasteiger partial charge is 0.252 e. The molecule has 1 atom stereocenters. The molecule has 18 heavy (non-hydrogen) atoms. The second-order valence-corrected chi connectivity index (χ2v) is 5.11. The van der Waals surface area contributed by atoms with Crippen molar-refractivity contribution >= 4 is 17.7 Å². The molecule has 1 unspecified atom stereocenters. The highest BCUT2D eigenvalue weighted by molar-refractivity contribution is 6.06. The van der Waals surface area contributed by atoms with Crippen LogP contribution < -0.4 is 11.1 Å². The standard InChI is InChI=1S/C12H21N3O3/c1-4-5-6-8(13)10(17)15-7-9(16)14-11(18)12(15,2)3/h8H,4-7,13H2,1-3H3,(H,14,16,18). The van der Waals surface area contributed by atoms with Crippen LogP contribution in [-0.4, -0.2) is 40.7 Å². The Balaban J connectivity index is 2.81. The van der Waals surface area contributed by atoms with Gasteiger partial charge < -0.3 is 10.6 Å².